The number of carbonyl (C=O) groups is 1. The van der Waals surface area contributed by atoms with Crippen LogP contribution in [0.2, 0.25) is 0 Å². The zero-order valence-electron chi connectivity index (χ0n) is 23.2. The number of rotatable bonds is 11. The van der Waals surface area contributed by atoms with E-state index in [0.717, 1.165) is 47.5 Å². The number of benzene rings is 2. The van der Waals surface area contributed by atoms with E-state index >= 15 is 0 Å². The molecule has 0 spiro atoms. The average molecular weight is 572 g/mol. The van der Waals surface area contributed by atoms with Crippen LogP contribution in [0.3, 0.4) is 0 Å². The number of halogens is 1. The summed E-state index contributed by atoms with van der Waals surface area (Å²) in [4.78, 5) is 19.2. The fraction of sp³-hybridized carbons (Fsp3) is 0.433. The highest BCUT2D eigenvalue weighted by Gasteiger charge is 2.32. The van der Waals surface area contributed by atoms with Crippen LogP contribution in [0.15, 0.2) is 52.7 Å². The molecule has 0 atom stereocenters. The van der Waals surface area contributed by atoms with Crippen molar-refractivity contribution in [2.75, 3.05) is 32.7 Å². The van der Waals surface area contributed by atoms with Crippen molar-refractivity contribution in [3.63, 3.8) is 0 Å². The monoisotopic (exact) mass is 571 g/mol. The maximum Gasteiger partial charge on any atom is 0.244 e. The van der Waals surface area contributed by atoms with Crippen LogP contribution in [0.25, 0.3) is 0 Å². The van der Waals surface area contributed by atoms with Gasteiger partial charge in [-0.05, 0) is 99.5 Å². The third-order valence-corrected chi connectivity index (χ3v) is 10.5. The number of nitrogens with zero attached hydrogens (tertiary/aromatic N) is 3. The number of carbonyl (C=O) groups excluding carboxylic acids is 1. The van der Waals surface area contributed by atoms with Crippen molar-refractivity contribution in [3.8, 4) is 0 Å². The quantitative estimate of drug-likeness (QED) is 0.308. The van der Waals surface area contributed by atoms with E-state index in [2.05, 4.69) is 4.90 Å². The lowest BCUT2D eigenvalue weighted by molar-refractivity contribution is -0.132. The Balaban J connectivity index is 1.64. The molecule has 9 heteroatoms. The Morgan fingerprint density at radius 1 is 0.949 bits per heavy atom. The Hall–Kier alpha value is -2.59. The number of aryl methyl sites for hydroxylation is 4. The lowest BCUT2D eigenvalue weighted by atomic mass is 10.1. The first-order chi connectivity index (χ1) is 18.5. The first kappa shape index (κ1) is 29.4. The zero-order valence-corrected chi connectivity index (χ0v) is 24.9. The van der Waals surface area contributed by atoms with E-state index in [1.807, 2.05) is 51.3 Å². The number of likely N-dealkylation sites (tertiary alicyclic amines) is 1. The third kappa shape index (κ3) is 7.33. The summed E-state index contributed by atoms with van der Waals surface area (Å²) in [6, 6.07) is 11.8. The van der Waals surface area contributed by atoms with E-state index in [0.29, 0.717) is 24.2 Å². The van der Waals surface area contributed by atoms with Crippen LogP contribution in [0.5, 0.6) is 0 Å². The highest BCUT2D eigenvalue weighted by molar-refractivity contribution is 7.89. The van der Waals surface area contributed by atoms with E-state index in [4.69, 9.17) is 0 Å². The molecular weight excluding hydrogens is 533 g/mol. The Labute approximate surface area is 236 Å². The summed E-state index contributed by atoms with van der Waals surface area (Å²) in [6.07, 6.45) is 2.21. The molecule has 1 amide bonds. The number of hydrogen-bond donors (Lipinski definition) is 0. The summed E-state index contributed by atoms with van der Waals surface area (Å²) < 4.78 is 43.1. The second kappa shape index (κ2) is 12.7. The number of hydrogen-bond acceptors (Lipinski definition) is 5. The van der Waals surface area contributed by atoms with E-state index in [1.54, 1.807) is 28.4 Å². The second-order valence-corrected chi connectivity index (χ2v) is 13.4. The molecule has 0 radical (unpaired) electrons. The van der Waals surface area contributed by atoms with Gasteiger partial charge in [0.05, 0.1) is 18.0 Å². The molecule has 2 heterocycles. The van der Waals surface area contributed by atoms with Gasteiger partial charge < -0.3 is 9.80 Å². The molecule has 6 nitrogen and oxygen atoms in total. The highest BCUT2D eigenvalue weighted by Crippen LogP contribution is 2.26. The average Bonchev–Trinajstić information content (AvgIpc) is 3.53. The van der Waals surface area contributed by atoms with Gasteiger partial charge in [-0.15, -0.1) is 11.3 Å². The molecule has 0 bridgehead atoms. The van der Waals surface area contributed by atoms with Gasteiger partial charge in [-0.2, -0.15) is 4.31 Å². The van der Waals surface area contributed by atoms with Crippen molar-refractivity contribution in [3.05, 3.63) is 86.4 Å². The maximum absolute atomic E-state index is 14.1. The smallest absolute Gasteiger partial charge is 0.244 e. The molecule has 0 saturated carbocycles. The van der Waals surface area contributed by atoms with Crippen molar-refractivity contribution in [2.45, 2.75) is 58.5 Å². The number of thiophene rings is 1. The second-order valence-electron chi connectivity index (χ2n) is 10.5. The van der Waals surface area contributed by atoms with Crippen molar-refractivity contribution >= 4 is 27.3 Å². The van der Waals surface area contributed by atoms with Crippen LogP contribution in [-0.2, 0) is 27.9 Å². The van der Waals surface area contributed by atoms with Crippen LogP contribution < -0.4 is 0 Å². The molecule has 3 aromatic rings. The molecular formula is C30H38FN3O3S2. The Kier molecular flexibility index (Phi) is 9.59. The highest BCUT2D eigenvalue weighted by atomic mass is 32.2. The van der Waals surface area contributed by atoms with Crippen LogP contribution in [0.4, 0.5) is 4.39 Å². The molecule has 1 aliphatic heterocycles. The minimum atomic E-state index is -3.94. The molecule has 1 aromatic heterocycles. The lowest BCUT2D eigenvalue weighted by Crippen LogP contribution is -2.45. The largest absolute Gasteiger partial charge is 0.332 e. The summed E-state index contributed by atoms with van der Waals surface area (Å²) in [7, 11) is -3.94. The molecule has 1 fully saturated rings. The number of sulfonamides is 1. The molecule has 1 saturated heterocycles. The first-order valence-electron chi connectivity index (χ1n) is 13.4. The van der Waals surface area contributed by atoms with Crippen LogP contribution in [-0.4, -0.2) is 61.2 Å². The molecule has 4 rings (SSSR count). The fourth-order valence-electron chi connectivity index (χ4n) is 5.28. The first-order valence-corrected chi connectivity index (χ1v) is 15.7. The zero-order chi connectivity index (χ0) is 28.2. The van der Waals surface area contributed by atoms with Crippen LogP contribution in [0.1, 0.15) is 45.5 Å². The Morgan fingerprint density at radius 3 is 2.18 bits per heavy atom. The third-order valence-electron chi connectivity index (χ3n) is 7.32. The van der Waals surface area contributed by atoms with Crippen molar-refractivity contribution in [1.82, 2.24) is 14.1 Å². The van der Waals surface area contributed by atoms with Gasteiger partial charge in [0.15, 0.2) is 0 Å². The minimum Gasteiger partial charge on any atom is -0.332 e. The molecule has 210 valence electrons. The summed E-state index contributed by atoms with van der Waals surface area (Å²) in [5, 5.41) is 1.99. The van der Waals surface area contributed by atoms with Gasteiger partial charge >= 0.3 is 0 Å². The van der Waals surface area contributed by atoms with Crippen LogP contribution in [0, 0.1) is 33.5 Å². The van der Waals surface area contributed by atoms with Gasteiger partial charge in [-0.1, -0.05) is 29.8 Å². The van der Waals surface area contributed by atoms with Gasteiger partial charge in [-0.3, -0.25) is 4.79 Å². The summed E-state index contributed by atoms with van der Waals surface area (Å²) in [5.74, 6) is -0.617. The molecule has 2 aromatic carbocycles. The lowest BCUT2D eigenvalue weighted by Gasteiger charge is -2.29. The molecule has 0 N–H and O–H groups in total. The van der Waals surface area contributed by atoms with E-state index in [-0.39, 0.29) is 36.3 Å². The minimum absolute atomic E-state index is 0.239. The van der Waals surface area contributed by atoms with Crippen molar-refractivity contribution in [1.29, 1.82) is 0 Å². The van der Waals surface area contributed by atoms with E-state index in [9.17, 15) is 17.6 Å². The van der Waals surface area contributed by atoms with Gasteiger partial charge in [0, 0.05) is 24.5 Å². The maximum atomic E-state index is 14.1. The van der Waals surface area contributed by atoms with Crippen LogP contribution >= 0.6 is 11.3 Å². The predicted molar refractivity (Wildman–Crippen MR) is 155 cm³/mol. The standard InChI is InChI=1S/C30H38FN3O3S2/c1-22-17-24(3)30(25(4)18-22)39(36,37)34(15-14-32-12-5-6-13-32)21-29(35)33(20-28-23(2)11-16-38-28)19-26-7-9-27(31)10-8-26/h7-11,16-18H,5-6,12-15,19-21H2,1-4H3. The van der Waals surface area contributed by atoms with Gasteiger partial charge in [0.1, 0.15) is 5.82 Å². The molecule has 1 aliphatic rings. The summed E-state index contributed by atoms with van der Waals surface area (Å²) >= 11 is 1.57. The molecule has 39 heavy (non-hydrogen) atoms. The van der Waals surface area contributed by atoms with Crippen molar-refractivity contribution in [2.24, 2.45) is 0 Å². The number of amides is 1. The van der Waals surface area contributed by atoms with Gasteiger partial charge in [-0.25, -0.2) is 12.8 Å². The normalized spacial score (nSPS) is 14.3. The summed E-state index contributed by atoms with van der Waals surface area (Å²) in [6.45, 7) is 10.7. The van der Waals surface area contributed by atoms with E-state index in [1.165, 1.54) is 16.4 Å². The summed E-state index contributed by atoms with van der Waals surface area (Å²) in [5.41, 5.74) is 4.24. The van der Waals surface area contributed by atoms with Crippen molar-refractivity contribution < 1.29 is 17.6 Å². The molecule has 0 aliphatic carbocycles. The van der Waals surface area contributed by atoms with Gasteiger partial charge in [0.2, 0.25) is 15.9 Å². The predicted octanol–water partition coefficient (Wildman–Crippen LogP) is 5.44. The fourth-order valence-corrected chi connectivity index (χ4v) is 7.99. The topological polar surface area (TPSA) is 60.9 Å². The van der Waals surface area contributed by atoms with Gasteiger partial charge in [0.25, 0.3) is 0 Å². The Morgan fingerprint density at radius 2 is 1.59 bits per heavy atom. The van der Waals surface area contributed by atoms with E-state index < -0.39 is 10.0 Å². The Bertz CT molecular complexity index is 1370. The SMILES string of the molecule is Cc1cc(C)c(S(=O)(=O)N(CCN2CCCC2)CC(=O)N(Cc2ccc(F)cc2)Cc2sccc2C)c(C)c1. The molecule has 0 unspecified atom stereocenters.